The molecule has 0 radical (unpaired) electrons. The molecule has 1 amide bonds. The Balaban J connectivity index is 1.24. The van der Waals surface area contributed by atoms with Gasteiger partial charge in [-0.3, -0.25) is 9.78 Å². The number of para-hydroxylation sites is 2. The van der Waals surface area contributed by atoms with Crippen molar-refractivity contribution in [2.45, 2.75) is 42.9 Å². The molecule has 33 heavy (non-hydrogen) atoms. The maximum absolute atomic E-state index is 13.2. The first-order valence-electron chi connectivity index (χ1n) is 11.6. The molecule has 2 aromatic carbocycles. The number of amides is 1. The van der Waals surface area contributed by atoms with E-state index in [4.69, 9.17) is 0 Å². The van der Waals surface area contributed by atoms with Crippen molar-refractivity contribution in [3.8, 4) is 0 Å². The van der Waals surface area contributed by atoms with Crippen molar-refractivity contribution in [1.29, 1.82) is 0 Å². The SMILES string of the molecule is O=C(c1cnc2ccccc2n1)N1CCN(S(=O)(=O)c2ccc(C3CCCCC3)cc2)CC1. The van der Waals surface area contributed by atoms with Crippen molar-refractivity contribution in [1.82, 2.24) is 19.2 Å². The van der Waals surface area contributed by atoms with Crippen molar-refractivity contribution < 1.29 is 13.2 Å². The Morgan fingerprint density at radius 3 is 2.21 bits per heavy atom. The van der Waals surface area contributed by atoms with Crippen LogP contribution in [0.5, 0.6) is 0 Å². The van der Waals surface area contributed by atoms with Crippen molar-refractivity contribution >= 4 is 27.0 Å². The molecule has 5 rings (SSSR count). The number of carbonyl (C=O) groups is 1. The lowest BCUT2D eigenvalue weighted by atomic mass is 9.84. The Morgan fingerprint density at radius 2 is 1.52 bits per heavy atom. The molecule has 1 aromatic heterocycles. The average Bonchev–Trinajstić information content (AvgIpc) is 2.88. The van der Waals surface area contributed by atoms with Crippen molar-refractivity contribution in [3.05, 3.63) is 66.0 Å². The lowest BCUT2D eigenvalue weighted by molar-refractivity contribution is 0.0692. The number of benzene rings is 2. The van der Waals surface area contributed by atoms with Crippen LogP contribution in [0.15, 0.2) is 59.6 Å². The number of piperazine rings is 1. The molecule has 1 aliphatic heterocycles. The number of hydrogen-bond acceptors (Lipinski definition) is 5. The molecule has 3 aromatic rings. The number of sulfonamides is 1. The molecule has 7 nitrogen and oxygen atoms in total. The van der Waals surface area contributed by atoms with Gasteiger partial charge in [0.15, 0.2) is 0 Å². The Kier molecular flexibility index (Phi) is 6.12. The van der Waals surface area contributed by atoms with Gasteiger partial charge in [-0.2, -0.15) is 4.31 Å². The summed E-state index contributed by atoms with van der Waals surface area (Å²) in [5, 5.41) is 0. The van der Waals surface area contributed by atoms with Crippen molar-refractivity contribution in [3.63, 3.8) is 0 Å². The first-order valence-corrected chi connectivity index (χ1v) is 13.1. The summed E-state index contributed by atoms with van der Waals surface area (Å²) in [6.45, 7) is 1.18. The van der Waals surface area contributed by atoms with E-state index in [1.54, 1.807) is 17.0 Å². The van der Waals surface area contributed by atoms with Crippen LogP contribution in [0.1, 0.15) is 54.1 Å². The summed E-state index contributed by atoms with van der Waals surface area (Å²) >= 11 is 0. The molecule has 0 bridgehead atoms. The van der Waals surface area contributed by atoms with Crippen LogP contribution in [-0.2, 0) is 10.0 Å². The van der Waals surface area contributed by atoms with Gasteiger partial charge in [-0.15, -0.1) is 0 Å². The van der Waals surface area contributed by atoms with E-state index in [2.05, 4.69) is 9.97 Å². The molecular formula is C25H28N4O3S. The zero-order chi connectivity index (χ0) is 22.8. The van der Waals surface area contributed by atoms with Crippen LogP contribution in [0, 0.1) is 0 Å². The number of rotatable bonds is 4. The fourth-order valence-electron chi connectivity index (χ4n) is 4.85. The standard InChI is InChI=1S/C25H28N4O3S/c30-25(24-18-26-22-8-4-5-9-23(22)27-24)28-14-16-29(17-15-28)33(31,32)21-12-10-20(11-13-21)19-6-2-1-3-7-19/h4-5,8-13,18-19H,1-3,6-7,14-17H2. The third-order valence-corrected chi connectivity index (χ3v) is 8.70. The molecule has 2 aliphatic rings. The van der Waals surface area contributed by atoms with Crippen LogP contribution >= 0.6 is 0 Å². The third-order valence-electron chi connectivity index (χ3n) is 6.79. The zero-order valence-corrected chi connectivity index (χ0v) is 19.4. The van der Waals surface area contributed by atoms with Crippen LogP contribution in [0.4, 0.5) is 0 Å². The van der Waals surface area contributed by atoms with Crippen molar-refractivity contribution in [2.24, 2.45) is 0 Å². The van der Waals surface area contributed by atoms with Gasteiger partial charge >= 0.3 is 0 Å². The lowest BCUT2D eigenvalue weighted by Crippen LogP contribution is -2.50. The molecule has 1 saturated carbocycles. The predicted molar refractivity (Wildman–Crippen MR) is 126 cm³/mol. The fourth-order valence-corrected chi connectivity index (χ4v) is 6.27. The first kappa shape index (κ1) is 22.0. The summed E-state index contributed by atoms with van der Waals surface area (Å²) in [6, 6.07) is 14.8. The number of hydrogen-bond donors (Lipinski definition) is 0. The minimum atomic E-state index is -3.58. The predicted octanol–water partition coefficient (Wildman–Crippen LogP) is 3.82. The summed E-state index contributed by atoms with van der Waals surface area (Å²) in [5.74, 6) is 0.324. The van der Waals surface area contributed by atoms with Crippen LogP contribution in [0.3, 0.4) is 0 Å². The van der Waals surface area contributed by atoms with E-state index in [0.29, 0.717) is 29.4 Å². The molecule has 0 spiro atoms. The highest BCUT2D eigenvalue weighted by atomic mass is 32.2. The molecule has 2 heterocycles. The smallest absolute Gasteiger partial charge is 0.274 e. The second-order valence-electron chi connectivity index (χ2n) is 8.84. The zero-order valence-electron chi connectivity index (χ0n) is 18.6. The number of aromatic nitrogens is 2. The van der Waals surface area contributed by atoms with Crippen LogP contribution < -0.4 is 0 Å². The average molecular weight is 465 g/mol. The van der Waals surface area contributed by atoms with Gasteiger partial charge in [0.25, 0.3) is 5.91 Å². The van der Waals surface area contributed by atoms with Crippen LogP contribution in [0.2, 0.25) is 0 Å². The molecule has 1 aliphatic carbocycles. The van der Waals surface area contributed by atoms with Gasteiger partial charge in [0.05, 0.1) is 22.1 Å². The minimum Gasteiger partial charge on any atom is -0.335 e. The van der Waals surface area contributed by atoms with Gasteiger partial charge in [0, 0.05) is 26.2 Å². The highest BCUT2D eigenvalue weighted by Gasteiger charge is 2.31. The maximum atomic E-state index is 13.2. The number of carbonyl (C=O) groups excluding carboxylic acids is 1. The summed E-state index contributed by atoms with van der Waals surface area (Å²) in [7, 11) is -3.58. The molecule has 1 saturated heterocycles. The normalized spacial score (nSPS) is 18.5. The molecule has 8 heteroatoms. The highest BCUT2D eigenvalue weighted by Crippen LogP contribution is 2.33. The van der Waals surface area contributed by atoms with E-state index in [1.165, 1.54) is 48.2 Å². The summed E-state index contributed by atoms with van der Waals surface area (Å²) in [5.41, 5.74) is 2.92. The Labute approximate surface area is 194 Å². The van der Waals surface area contributed by atoms with Gasteiger partial charge in [-0.1, -0.05) is 43.5 Å². The van der Waals surface area contributed by atoms with E-state index in [-0.39, 0.29) is 24.7 Å². The number of fused-ring (bicyclic) bond motifs is 1. The van der Waals surface area contributed by atoms with E-state index in [9.17, 15) is 13.2 Å². The third kappa shape index (κ3) is 4.50. The van der Waals surface area contributed by atoms with E-state index in [0.717, 1.165) is 5.52 Å². The van der Waals surface area contributed by atoms with Gasteiger partial charge in [0.2, 0.25) is 10.0 Å². The second kappa shape index (κ2) is 9.19. The molecule has 0 atom stereocenters. The Morgan fingerprint density at radius 1 is 0.848 bits per heavy atom. The quantitative estimate of drug-likeness (QED) is 0.586. The fraction of sp³-hybridized carbons (Fsp3) is 0.400. The molecule has 2 fully saturated rings. The molecule has 0 unspecified atom stereocenters. The summed E-state index contributed by atoms with van der Waals surface area (Å²) in [4.78, 5) is 23.6. The highest BCUT2D eigenvalue weighted by molar-refractivity contribution is 7.89. The Bertz CT molecular complexity index is 1250. The Hall–Kier alpha value is -2.84. The summed E-state index contributed by atoms with van der Waals surface area (Å²) < 4.78 is 27.8. The second-order valence-corrected chi connectivity index (χ2v) is 10.8. The minimum absolute atomic E-state index is 0.220. The number of nitrogens with zero attached hydrogens (tertiary/aromatic N) is 4. The molecule has 0 N–H and O–H groups in total. The van der Waals surface area contributed by atoms with E-state index in [1.807, 2.05) is 36.4 Å². The maximum Gasteiger partial charge on any atom is 0.274 e. The lowest BCUT2D eigenvalue weighted by Gasteiger charge is -2.33. The van der Waals surface area contributed by atoms with Crippen molar-refractivity contribution in [2.75, 3.05) is 26.2 Å². The molecule has 172 valence electrons. The van der Waals surface area contributed by atoms with Gasteiger partial charge < -0.3 is 4.90 Å². The topological polar surface area (TPSA) is 83.5 Å². The van der Waals surface area contributed by atoms with Crippen LogP contribution in [0.25, 0.3) is 11.0 Å². The monoisotopic (exact) mass is 464 g/mol. The first-order chi connectivity index (χ1) is 16.0. The summed E-state index contributed by atoms with van der Waals surface area (Å²) in [6.07, 6.45) is 7.65. The molecular weight excluding hydrogens is 436 g/mol. The van der Waals surface area contributed by atoms with Gasteiger partial charge in [0.1, 0.15) is 5.69 Å². The van der Waals surface area contributed by atoms with E-state index >= 15 is 0 Å². The van der Waals surface area contributed by atoms with Crippen LogP contribution in [-0.4, -0.2) is 59.7 Å². The van der Waals surface area contributed by atoms with Gasteiger partial charge in [-0.25, -0.2) is 13.4 Å². The largest absolute Gasteiger partial charge is 0.335 e. The van der Waals surface area contributed by atoms with Gasteiger partial charge in [-0.05, 0) is 48.6 Å². The van der Waals surface area contributed by atoms with E-state index < -0.39 is 10.0 Å².